The predicted molar refractivity (Wildman–Crippen MR) is 127 cm³/mol. The maximum absolute atomic E-state index is 13.4. The molecule has 3 atom stereocenters. The largest absolute Gasteiger partial charge is 0.522 e. The highest BCUT2D eigenvalue weighted by Crippen LogP contribution is 2.30. The number of amides is 4. The number of hydrogen-bond donors (Lipinski definition) is 3. The summed E-state index contributed by atoms with van der Waals surface area (Å²) in [4.78, 5) is 64.6. The van der Waals surface area contributed by atoms with Crippen molar-refractivity contribution in [3.8, 4) is 0 Å². The Bertz CT molecular complexity index is 1200. The van der Waals surface area contributed by atoms with Crippen LogP contribution in [0.25, 0.3) is 0 Å². The molecule has 41 heavy (non-hydrogen) atoms. The van der Waals surface area contributed by atoms with E-state index in [9.17, 15) is 50.3 Å². The molecule has 0 radical (unpaired) electrons. The van der Waals surface area contributed by atoms with Crippen molar-refractivity contribution in [2.45, 2.75) is 69.8 Å². The molecule has 1 saturated heterocycles. The molecule has 16 heteroatoms. The van der Waals surface area contributed by atoms with Crippen molar-refractivity contribution < 1.29 is 55.1 Å². The summed E-state index contributed by atoms with van der Waals surface area (Å²) in [5.41, 5.74) is -1.73. The van der Waals surface area contributed by atoms with Crippen molar-refractivity contribution in [2.24, 2.45) is 5.92 Å². The molecule has 2 aliphatic rings. The highest BCUT2D eigenvalue weighted by atomic mass is 19.4. The lowest BCUT2D eigenvalue weighted by Gasteiger charge is -2.37. The maximum atomic E-state index is 13.4. The highest BCUT2D eigenvalue weighted by molar-refractivity contribution is 6.35. The van der Waals surface area contributed by atoms with Gasteiger partial charge in [0.15, 0.2) is 5.78 Å². The van der Waals surface area contributed by atoms with Crippen LogP contribution in [0.1, 0.15) is 37.8 Å². The molecule has 2 aliphatic heterocycles. The number of alkyl halides is 6. The molecular formula is C25H28F6N4O6. The number of Topliss-reactive ketones (excluding diaryl/α,β-unsaturated/α-hetero) is 1. The molecule has 1 aromatic rings. The van der Waals surface area contributed by atoms with E-state index in [-0.39, 0.29) is 32.4 Å². The third-order valence-corrected chi connectivity index (χ3v) is 6.91. The predicted octanol–water partition coefficient (Wildman–Crippen LogP) is 1.51. The highest BCUT2D eigenvalue weighted by Gasteiger charge is 2.50. The second-order valence-electron chi connectivity index (χ2n) is 10.3. The molecule has 226 valence electrons. The minimum Gasteiger partial charge on any atom is -0.356 e. The van der Waals surface area contributed by atoms with Crippen LogP contribution < -0.4 is 16.0 Å². The summed E-state index contributed by atoms with van der Waals surface area (Å²) < 4.78 is 81.2. The monoisotopic (exact) mass is 594 g/mol. The fourth-order valence-electron chi connectivity index (χ4n) is 4.46. The number of nitrogens with one attached hydrogen (secondary N) is 3. The maximum Gasteiger partial charge on any atom is 0.522 e. The molecule has 1 fully saturated rings. The summed E-state index contributed by atoms with van der Waals surface area (Å²) in [5.74, 6) is -6.64. The number of ether oxygens (including phenoxy) is 1. The molecule has 10 nitrogen and oxygen atoms in total. The Hall–Kier alpha value is -3.69. The van der Waals surface area contributed by atoms with E-state index < -0.39 is 72.1 Å². The fourth-order valence-corrected chi connectivity index (χ4v) is 4.46. The van der Waals surface area contributed by atoms with Gasteiger partial charge in [0.05, 0.1) is 6.04 Å². The van der Waals surface area contributed by atoms with Gasteiger partial charge in [0, 0.05) is 25.4 Å². The van der Waals surface area contributed by atoms with Crippen molar-refractivity contribution in [1.29, 1.82) is 0 Å². The Labute approximate surface area is 230 Å². The van der Waals surface area contributed by atoms with Crippen LogP contribution in [0, 0.1) is 5.92 Å². The first-order valence-electron chi connectivity index (χ1n) is 12.5. The summed E-state index contributed by atoms with van der Waals surface area (Å²) in [5, 5.41) is 6.40. The van der Waals surface area contributed by atoms with E-state index in [1.807, 2.05) is 0 Å². The van der Waals surface area contributed by atoms with Crippen LogP contribution >= 0.6 is 0 Å². The molecule has 0 aliphatic carbocycles. The number of nitrogens with zero attached hydrogens (tertiary/aromatic N) is 1. The normalized spacial score (nSPS) is 20.1. The van der Waals surface area contributed by atoms with Crippen LogP contribution in [0.15, 0.2) is 24.3 Å². The Kier molecular flexibility index (Phi) is 9.35. The summed E-state index contributed by atoms with van der Waals surface area (Å²) in [6.45, 7) is -0.275. The van der Waals surface area contributed by atoms with E-state index in [4.69, 9.17) is 0 Å². The van der Waals surface area contributed by atoms with Crippen LogP contribution in [-0.2, 0) is 41.7 Å². The van der Waals surface area contributed by atoms with E-state index in [0.29, 0.717) is 25.0 Å². The van der Waals surface area contributed by atoms with Crippen molar-refractivity contribution in [3.63, 3.8) is 0 Å². The number of benzene rings is 1. The van der Waals surface area contributed by atoms with Gasteiger partial charge >= 0.3 is 24.4 Å². The number of hydrogen-bond acceptors (Lipinski definition) is 6. The molecule has 4 amide bonds. The van der Waals surface area contributed by atoms with E-state index in [1.54, 1.807) is 29.6 Å². The first-order chi connectivity index (χ1) is 18.9. The molecule has 0 bridgehead atoms. The smallest absolute Gasteiger partial charge is 0.356 e. The first-order valence-corrected chi connectivity index (χ1v) is 12.5. The van der Waals surface area contributed by atoms with Crippen LogP contribution in [-0.4, -0.2) is 77.6 Å². The quantitative estimate of drug-likeness (QED) is 0.309. The first kappa shape index (κ1) is 31.8. The van der Waals surface area contributed by atoms with Gasteiger partial charge in [-0.1, -0.05) is 24.3 Å². The second-order valence-corrected chi connectivity index (χ2v) is 10.3. The topological polar surface area (TPSA) is 134 Å². The number of ketones is 1. The summed E-state index contributed by atoms with van der Waals surface area (Å²) >= 11 is 0. The van der Waals surface area contributed by atoms with Gasteiger partial charge in [0.1, 0.15) is 18.2 Å². The Morgan fingerprint density at radius 2 is 1.71 bits per heavy atom. The summed E-state index contributed by atoms with van der Waals surface area (Å²) in [6, 6.07) is 3.28. The van der Waals surface area contributed by atoms with Crippen LogP contribution in [0.3, 0.4) is 0 Å². The van der Waals surface area contributed by atoms with Crippen molar-refractivity contribution in [1.82, 2.24) is 20.9 Å². The van der Waals surface area contributed by atoms with Crippen LogP contribution in [0.2, 0.25) is 0 Å². The lowest BCUT2D eigenvalue weighted by Crippen LogP contribution is -2.61. The van der Waals surface area contributed by atoms with Crippen molar-refractivity contribution in [3.05, 3.63) is 35.4 Å². The Balaban J connectivity index is 1.87. The van der Waals surface area contributed by atoms with Gasteiger partial charge in [-0.25, -0.2) is 0 Å². The summed E-state index contributed by atoms with van der Waals surface area (Å²) in [7, 11) is 0. The number of carbonyl (C=O) groups excluding carboxylic acids is 5. The fraction of sp³-hybridized carbons (Fsp3) is 0.560. The number of fused-ring (bicyclic) bond motifs is 1. The van der Waals surface area contributed by atoms with E-state index in [2.05, 4.69) is 15.4 Å². The average molecular weight is 595 g/mol. The van der Waals surface area contributed by atoms with E-state index in [1.165, 1.54) is 0 Å². The molecule has 1 aromatic carbocycles. The SMILES string of the molecule is CC(C)(NC(=O)C(=O)N1Cc2ccccc2CC1C(=O)NC(CC1CCNC1=O)C(=O)COC(F)(F)F)C(F)(F)F. The van der Waals surface area contributed by atoms with Gasteiger partial charge in [0.2, 0.25) is 11.8 Å². The molecule has 0 aromatic heterocycles. The second kappa shape index (κ2) is 12.0. The lowest BCUT2D eigenvalue weighted by atomic mass is 9.92. The van der Waals surface area contributed by atoms with Gasteiger partial charge < -0.3 is 20.9 Å². The minimum atomic E-state index is -5.15. The number of rotatable bonds is 8. The van der Waals surface area contributed by atoms with Crippen molar-refractivity contribution in [2.75, 3.05) is 13.2 Å². The Morgan fingerprint density at radius 3 is 2.27 bits per heavy atom. The molecule has 0 saturated carbocycles. The third kappa shape index (κ3) is 7.95. The third-order valence-electron chi connectivity index (χ3n) is 6.91. The zero-order valence-electron chi connectivity index (χ0n) is 21.9. The van der Waals surface area contributed by atoms with Crippen LogP contribution in [0.5, 0.6) is 0 Å². The average Bonchev–Trinajstić information content (AvgIpc) is 3.28. The molecule has 3 N–H and O–H groups in total. The molecular weight excluding hydrogens is 566 g/mol. The van der Waals surface area contributed by atoms with E-state index >= 15 is 0 Å². The number of carbonyl (C=O) groups is 5. The van der Waals surface area contributed by atoms with E-state index in [0.717, 1.165) is 4.90 Å². The van der Waals surface area contributed by atoms with Gasteiger partial charge in [-0.05, 0) is 37.8 Å². The molecule has 0 spiro atoms. The van der Waals surface area contributed by atoms with Gasteiger partial charge in [-0.2, -0.15) is 13.2 Å². The number of halogens is 6. The van der Waals surface area contributed by atoms with Gasteiger partial charge in [-0.15, -0.1) is 13.2 Å². The minimum absolute atomic E-state index is 0.215. The zero-order valence-corrected chi connectivity index (χ0v) is 21.9. The van der Waals surface area contributed by atoms with Gasteiger partial charge in [0.25, 0.3) is 0 Å². The Morgan fingerprint density at radius 1 is 1.07 bits per heavy atom. The molecule has 2 heterocycles. The zero-order chi connectivity index (χ0) is 30.8. The standard InChI is InChI=1S/C25H28F6N4O6/c1-23(2,24(26,27)28)34-21(39)22(40)35-11-15-6-4-3-5-13(15)10-17(35)20(38)33-16(9-14-7-8-32-19(14)37)18(36)12-41-25(29,30)31/h3-6,14,16-17H,7-12H2,1-2H3,(H,32,37)(H,33,38)(H,34,39). The van der Waals surface area contributed by atoms with Gasteiger partial charge in [-0.3, -0.25) is 28.7 Å². The molecule has 3 rings (SSSR count). The lowest BCUT2D eigenvalue weighted by molar-refractivity contribution is -0.321. The van der Waals surface area contributed by atoms with Crippen molar-refractivity contribution >= 4 is 29.4 Å². The van der Waals surface area contributed by atoms with Crippen LogP contribution in [0.4, 0.5) is 26.3 Å². The molecule has 3 unspecified atom stereocenters. The summed E-state index contributed by atoms with van der Waals surface area (Å²) in [6.07, 6.45) is -10.4.